The Morgan fingerprint density at radius 2 is 0.810 bits per heavy atom. The predicted octanol–water partition coefficient (Wildman–Crippen LogP) is 2.82. The average molecular weight is 309 g/mol. The molecule has 4 N–H and O–H groups in total. The first kappa shape index (κ1) is 25.8. The molecule has 1 unspecified atom stereocenters. The zero-order valence-electron chi connectivity index (χ0n) is 15.4. The Morgan fingerprint density at radius 1 is 0.571 bits per heavy atom. The van der Waals surface area contributed by atoms with E-state index in [-0.39, 0.29) is 24.7 Å². The largest absolute Gasteiger partial charge is 0.394 e. The Labute approximate surface area is 132 Å². The smallest absolute Gasteiger partial charge is 0.0793 e. The van der Waals surface area contributed by atoms with Crippen molar-refractivity contribution in [1.82, 2.24) is 0 Å². The van der Waals surface area contributed by atoms with Crippen molar-refractivity contribution in [2.24, 2.45) is 17.8 Å². The van der Waals surface area contributed by atoms with Crippen LogP contribution in [0.15, 0.2) is 0 Å². The minimum atomic E-state index is -0.542. The topological polar surface area (TPSA) is 80.9 Å². The summed E-state index contributed by atoms with van der Waals surface area (Å²) in [7, 11) is 0. The molecule has 4 heteroatoms. The van der Waals surface area contributed by atoms with E-state index in [1.807, 2.05) is 55.4 Å². The Hall–Kier alpha value is -0.160. The van der Waals surface area contributed by atoms with Crippen LogP contribution in [0, 0.1) is 17.8 Å². The maximum atomic E-state index is 8.94. The van der Waals surface area contributed by atoms with Crippen molar-refractivity contribution >= 4 is 0 Å². The fraction of sp³-hybridized carbons (Fsp3) is 1.00. The van der Waals surface area contributed by atoms with Gasteiger partial charge in [-0.15, -0.1) is 0 Å². The predicted molar refractivity (Wildman–Crippen MR) is 90.2 cm³/mol. The summed E-state index contributed by atoms with van der Waals surface area (Å²) in [5.41, 5.74) is 0. The number of aliphatic hydroxyl groups is 4. The number of rotatable bonds is 6. The lowest BCUT2D eigenvalue weighted by Gasteiger charge is -2.09. The third-order valence-electron chi connectivity index (χ3n) is 3.33. The second-order valence-corrected chi connectivity index (χ2v) is 6.43. The minimum absolute atomic E-state index is 0.0972. The van der Waals surface area contributed by atoms with Gasteiger partial charge in [-0.25, -0.2) is 0 Å². The van der Waals surface area contributed by atoms with E-state index in [0.717, 1.165) is 12.8 Å². The van der Waals surface area contributed by atoms with Crippen LogP contribution < -0.4 is 0 Å². The van der Waals surface area contributed by atoms with Crippen LogP contribution in [0.25, 0.3) is 0 Å². The minimum Gasteiger partial charge on any atom is -0.394 e. The molecule has 3 atom stereocenters. The molecule has 0 aromatic heterocycles. The fourth-order valence-corrected chi connectivity index (χ4v) is 1.15. The maximum absolute atomic E-state index is 8.94. The summed E-state index contributed by atoms with van der Waals surface area (Å²) >= 11 is 0. The van der Waals surface area contributed by atoms with Gasteiger partial charge in [0.05, 0.1) is 24.9 Å². The molecule has 4 nitrogen and oxygen atoms in total. The lowest BCUT2D eigenvalue weighted by atomic mass is 10.1. The fourth-order valence-electron chi connectivity index (χ4n) is 1.15. The Kier molecular flexibility index (Phi) is 19.9. The van der Waals surface area contributed by atoms with Gasteiger partial charge >= 0.3 is 0 Å². The molecule has 0 heterocycles. The summed E-state index contributed by atoms with van der Waals surface area (Å²) < 4.78 is 0. The quantitative estimate of drug-likeness (QED) is 0.608. The summed E-state index contributed by atoms with van der Waals surface area (Å²) in [6, 6.07) is 0. The zero-order valence-corrected chi connectivity index (χ0v) is 15.4. The summed E-state index contributed by atoms with van der Waals surface area (Å²) in [6.07, 6.45) is 1.01. The molecule has 0 saturated carbocycles. The van der Waals surface area contributed by atoms with Gasteiger partial charge in [0.25, 0.3) is 0 Å². The van der Waals surface area contributed by atoms with Crippen LogP contribution in [0.5, 0.6) is 0 Å². The second-order valence-electron chi connectivity index (χ2n) is 6.43. The molecule has 0 bridgehead atoms. The first-order chi connectivity index (χ1) is 9.54. The molecule has 0 spiro atoms. The van der Waals surface area contributed by atoms with Gasteiger partial charge in [0, 0.05) is 0 Å². The molecule has 0 aliphatic carbocycles. The van der Waals surface area contributed by atoms with Crippen molar-refractivity contribution in [2.75, 3.05) is 6.61 Å². The van der Waals surface area contributed by atoms with E-state index < -0.39 is 6.10 Å². The lowest BCUT2D eigenvalue weighted by Crippen LogP contribution is -2.18. The second kappa shape index (κ2) is 16.2. The van der Waals surface area contributed by atoms with Crippen LogP contribution >= 0.6 is 0 Å². The van der Waals surface area contributed by atoms with Crippen LogP contribution in [0.2, 0.25) is 0 Å². The molecule has 132 valence electrons. The molecule has 0 saturated heterocycles. The van der Waals surface area contributed by atoms with Crippen molar-refractivity contribution in [3.8, 4) is 0 Å². The van der Waals surface area contributed by atoms with Gasteiger partial charge < -0.3 is 20.4 Å². The highest BCUT2D eigenvalue weighted by atomic mass is 16.3. The van der Waals surface area contributed by atoms with Crippen LogP contribution in [-0.4, -0.2) is 45.3 Å². The zero-order chi connectivity index (χ0) is 17.6. The normalized spacial score (nSPS) is 15.0. The van der Waals surface area contributed by atoms with E-state index in [1.165, 1.54) is 0 Å². The number of hydrogen-bond donors (Lipinski definition) is 4. The van der Waals surface area contributed by atoms with Crippen molar-refractivity contribution in [3.05, 3.63) is 0 Å². The van der Waals surface area contributed by atoms with Gasteiger partial charge in [-0.2, -0.15) is 0 Å². The monoisotopic (exact) mass is 308 g/mol. The first-order valence-electron chi connectivity index (χ1n) is 8.19. The molecule has 0 rings (SSSR count). The van der Waals surface area contributed by atoms with Crippen molar-refractivity contribution in [1.29, 1.82) is 0 Å². The van der Waals surface area contributed by atoms with Crippen molar-refractivity contribution in [3.63, 3.8) is 0 Å². The third-order valence-corrected chi connectivity index (χ3v) is 3.33. The van der Waals surface area contributed by atoms with Gasteiger partial charge in [0.1, 0.15) is 0 Å². The van der Waals surface area contributed by atoms with Crippen LogP contribution in [-0.2, 0) is 0 Å². The van der Waals surface area contributed by atoms with E-state index in [2.05, 4.69) is 0 Å². The molecule has 0 fully saturated rings. The number of aliphatic hydroxyl groups excluding tert-OH is 4. The van der Waals surface area contributed by atoms with Gasteiger partial charge in [-0.1, -0.05) is 55.4 Å². The summed E-state index contributed by atoms with van der Waals surface area (Å²) in [4.78, 5) is 0. The van der Waals surface area contributed by atoms with Crippen LogP contribution in [0.3, 0.4) is 0 Å². The summed E-state index contributed by atoms with van der Waals surface area (Å²) in [6.45, 7) is 15.7. The number of hydrogen-bond acceptors (Lipinski definition) is 4. The van der Waals surface area contributed by atoms with Crippen LogP contribution in [0.4, 0.5) is 0 Å². The Morgan fingerprint density at radius 3 is 0.810 bits per heavy atom. The Balaban J connectivity index is -0.000000231. The highest BCUT2D eigenvalue weighted by Gasteiger charge is 2.05. The van der Waals surface area contributed by atoms with E-state index in [0.29, 0.717) is 11.8 Å². The van der Waals surface area contributed by atoms with Crippen LogP contribution in [0.1, 0.15) is 68.2 Å². The molecule has 0 aromatic carbocycles. The molecule has 0 amide bonds. The van der Waals surface area contributed by atoms with Gasteiger partial charge in [0.15, 0.2) is 0 Å². The maximum Gasteiger partial charge on any atom is 0.0793 e. The molecule has 0 aromatic rings. The SMILES string of the molecule is CC(C)[C@H](O)CO.CCC(O)C(C)C.CC[C@H](O)C(C)C. The highest BCUT2D eigenvalue weighted by molar-refractivity contribution is 4.55. The molecular weight excluding hydrogens is 268 g/mol. The third kappa shape index (κ3) is 19.8. The average Bonchev–Trinajstić information content (AvgIpc) is 2.45. The molecule has 0 aliphatic heterocycles. The standard InChI is InChI=1S/2C6H14O.C5H12O2/c2*1-4-6(7)5(2)3;1-4(2)5(7)3-6/h2*5-7H,4H2,1-3H3;4-7H,3H2,1-2H3/t6-;;5-/m0.1/s1. The van der Waals surface area contributed by atoms with Crippen molar-refractivity contribution < 1.29 is 20.4 Å². The first-order valence-corrected chi connectivity index (χ1v) is 8.19. The van der Waals surface area contributed by atoms with E-state index in [9.17, 15) is 0 Å². The van der Waals surface area contributed by atoms with E-state index in [4.69, 9.17) is 20.4 Å². The van der Waals surface area contributed by atoms with Crippen molar-refractivity contribution in [2.45, 2.75) is 86.5 Å². The molecular formula is C17H40O4. The van der Waals surface area contributed by atoms with Gasteiger partial charge in [-0.3, -0.25) is 0 Å². The highest BCUT2D eigenvalue weighted by Crippen LogP contribution is 2.03. The van der Waals surface area contributed by atoms with Gasteiger partial charge in [0.2, 0.25) is 0 Å². The van der Waals surface area contributed by atoms with E-state index >= 15 is 0 Å². The Bertz CT molecular complexity index is 160. The van der Waals surface area contributed by atoms with Gasteiger partial charge in [-0.05, 0) is 30.6 Å². The lowest BCUT2D eigenvalue weighted by molar-refractivity contribution is 0.0597. The summed E-state index contributed by atoms with van der Waals surface area (Å²) in [5, 5.41) is 34.8. The summed E-state index contributed by atoms with van der Waals surface area (Å²) in [5.74, 6) is 1.01. The van der Waals surface area contributed by atoms with E-state index in [1.54, 1.807) is 0 Å². The molecule has 0 radical (unpaired) electrons. The molecule has 0 aliphatic rings. The molecule has 21 heavy (non-hydrogen) atoms.